The molecule has 0 fully saturated rings. The van der Waals surface area contributed by atoms with Crippen LogP contribution in [-0.4, -0.2) is 0 Å². The highest BCUT2D eigenvalue weighted by atomic mass is 79.9. The first-order valence-electron chi connectivity index (χ1n) is 5.71. The van der Waals surface area contributed by atoms with Crippen LogP contribution in [0.25, 0.3) is 0 Å². The second-order valence-corrected chi connectivity index (χ2v) is 6.76. The highest BCUT2D eigenvalue weighted by molar-refractivity contribution is 9.10. The summed E-state index contributed by atoms with van der Waals surface area (Å²) in [6, 6.07) is 14.4. The van der Waals surface area contributed by atoms with Gasteiger partial charge in [-0.15, -0.1) is 0 Å². The monoisotopic (exact) mass is 386 g/mol. The summed E-state index contributed by atoms with van der Waals surface area (Å²) in [5.41, 5.74) is 3.85. The average Bonchev–Trinajstić information content (AvgIpc) is 2.28. The molecular weight excluding hydrogens is 375 g/mol. The van der Waals surface area contributed by atoms with E-state index in [1.165, 1.54) is 16.7 Å². The van der Waals surface area contributed by atoms with Crippen LogP contribution in [0, 0.1) is 6.92 Å². The van der Waals surface area contributed by atoms with Crippen LogP contribution in [0.3, 0.4) is 0 Å². The van der Waals surface area contributed by atoms with Crippen LogP contribution < -0.4 is 0 Å². The van der Waals surface area contributed by atoms with Gasteiger partial charge in [-0.05, 0) is 54.3 Å². The van der Waals surface area contributed by atoms with Crippen molar-refractivity contribution in [2.24, 2.45) is 0 Å². The zero-order valence-corrected chi connectivity index (χ0v) is 13.9. The van der Waals surface area contributed by atoms with Crippen molar-refractivity contribution in [1.82, 2.24) is 0 Å². The van der Waals surface area contributed by atoms with Gasteiger partial charge in [-0.3, -0.25) is 0 Å². The molecular formula is C15H13Br2Cl. The number of benzene rings is 2. The minimum atomic E-state index is 0.309. The van der Waals surface area contributed by atoms with Gasteiger partial charge in [0.1, 0.15) is 0 Å². The van der Waals surface area contributed by atoms with Crippen LogP contribution in [0.1, 0.15) is 21.5 Å². The summed E-state index contributed by atoms with van der Waals surface area (Å²) < 4.78 is 1.12. The van der Waals surface area contributed by atoms with Gasteiger partial charge in [0.25, 0.3) is 0 Å². The molecule has 0 spiro atoms. The summed E-state index contributed by atoms with van der Waals surface area (Å²) in [5.74, 6) is 0. The Morgan fingerprint density at radius 3 is 2.61 bits per heavy atom. The maximum Gasteiger partial charge on any atom is 0.0438 e. The van der Waals surface area contributed by atoms with Crippen molar-refractivity contribution in [3.05, 3.63) is 68.7 Å². The Morgan fingerprint density at radius 1 is 1.17 bits per heavy atom. The third kappa shape index (κ3) is 3.59. The lowest BCUT2D eigenvalue weighted by atomic mass is 10.0. The van der Waals surface area contributed by atoms with Crippen LogP contribution in [0.5, 0.6) is 0 Å². The van der Waals surface area contributed by atoms with E-state index in [9.17, 15) is 0 Å². The molecule has 0 bridgehead atoms. The minimum absolute atomic E-state index is 0.309. The van der Waals surface area contributed by atoms with E-state index in [1.54, 1.807) is 0 Å². The van der Waals surface area contributed by atoms with Crippen molar-refractivity contribution >= 4 is 43.5 Å². The van der Waals surface area contributed by atoms with E-state index in [1.807, 2.05) is 18.2 Å². The number of hydrogen-bond donors (Lipinski definition) is 0. The molecule has 1 atom stereocenters. The smallest absolute Gasteiger partial charge is 0.0438 e. The van der Waals surface area contributed by atoms with Gasteiger partial charge in [-0.1, -0.05) is 61.7 Å². The standard InChI is InChI=1S/C15H13Br2Cl/c1-10-7-12(16)5-6-14(10)15(17)9-11-3-2-4-13(18)8-11/h2-8,15H,9H2,1H3. The van der Waals surface area contributed by atoms with Gasteiger partial charge in [0, 0.05) is 14.3 Å². The Morgan fingerprint density at radius 2 is 1.94 bits per heavy atom. The van der Waals surface area contributed by atoms with E-state index in [2.05, 4.69) is 63.0 Å². The van der Waals surface area contributed by atoms with Gasteiger partial charge in [0.2, 0.25) is 0 Å². The Labute approximate surface area is 130 Å². The van der Waals surface area contributed by atoms with Crippen molar-refractivity contribution in [2.45, 2.75) is 18.2 Å². The van der Waals surface area contributed by atoms with Crippen LogP contribution in [0.2, 0.25) is 5.02 Å². The molecule has 0 nitrogen and oxygen atoms in total. The molecule has 3 heteroatoms. The number of hydrogen-bond acceptors (Lipinski definition) is 0. The van der Waals surface area contributed by atoms with Gasteiger partial charge >= 0.3 is 0 Å². The second kappa shape index (κ2) is 6.23. The molecule has 2 aromatic carbocycles. The summed E-state index contributed by atoms with van der Waals surface area (Å²) in [4.78, 5) is 0.309. The van der Waals surface area contributed by atoms with Crippen molar-refractivity contribution in [3.63, 3.8) is 0 Å². The quantitative estimate of drug-likeness (QED) is 0.558. The molecule has 18 heavy (non-hydrogen) atoms. The van der Waals surface area contributed by atoms with E-state index in [0.29, 0.717) is 4.83 Å². The van der Waals surface area contributed by atoms with Gasteiger partial charge in [0.15, 0.2) is 0 Å². The topological polar surface area (TPSA) is 0 Å². The lowest BCUT2D eigenvalue weighted by Crippen LogP contribution is -1.98. The molecule has 0 aliphatic heterocycles. The summed E-state index contributed by atoms with van der Waals surface area (Å²) >= 11 is 13.3. The zero-order valence-electron chi connectivity index (χ0n) is 9.96. The molecule has 0 radical (unpaired) electrons. The van der Waals surface area contributed by atoms with Crippen LogP contribution >= 0.6 is 43.5 Å². The lowest BCUT2D eigenvalue weighted by molar-refractivity contribution is 0.938. The zero-order chi connectivity index (χ0) is 13.1. The van der Waals surface area contributed by atoms with E-state index in [-0.39, 0.29) is 0 Å². The summed E-state index contributed by atoms with van der Waals surface area (Å²) in [6.07, 6.45) is 0.934. The molecule has 0 saturated carbocycles. The number of halogens is 3. The summed E-state index contributed by atoms with van der Waals surface area (Å²) in [7, 11) is 0. The Bertz CT molecular complexity index is 552. The van der Waals surface area contributed by atoms with E-state index >= 15 is 0 Å². The second-order valence-electron chi connectivity index (χ2n) is 4.30. The molecule has 0 heterocycles. The average molecular weight is 389 g/mol. The first kappa shape index (κ1) is 14.1. The Kier molecular flexibility index (Phi) is 4.88. The molecule has 0 N–H and O–H groups in total. The normalized spacial score (nSPS) is 12.4. The highest BCUT2D eigenvalue weighted by Gasteiger charge is 2.11. The Balaban J connectivity index is 2.19. The number of alkyl halides is 1. The molecule has 0 saturated heterocycles. The van der Waals surface area contributed by atoms with Crippen LogP contribution in [0.4, 0.5) is 0 Å². The molecule has 2 rings (SSSR count). The maximum absolute atomic E-state index is 6.00. The fraction of sp³-hybridized carbons (Fsp3) is 0.200. The lowest BCUT2D eigenvalue weighted by Gasteiger charge is -2.13. The Hall–Kier alpha value is -0.310. The van der Waals surface area contributed by atoms with Gasteiger partial charge in [0.05, 0.1) is 0 Å². The molecule has 0 aliphatic carbocycles. The molecule has 94 valence electrons. The number of aryl methyl sites for hydroxylation is 1. The number of rotatable bonds is 3. The third-order valence-electron chi connectivity index (χ3n) is 2.87. The first-order chi connectivity index (χ1) is 8.56. The SMILES string of the molecule is Cc1cc(Br)ccc1C(Br)Cc1cccc(Cl)c1. The van der Waals surface area contributed by atoms with E-state index in [4.69, 9.17) is 11.6 Å². The van der Waals surface area contributed by atoms with Crippen LogP contribution in [-0.2, 0) is 6.42 Å². The third-order valence-corrected chi connectivity index (χ3v) is 4.42. The van der Waals surface area contributed by atoms with E-state index < -0.39 is 0 Å². The van der Waals surface area contributed by atoms with E-state index in [0.717, 1.165) is 15.9 Å². The summed E-state index contributed by atoms with van der Waals surface area (Å²) in [5, 5.41) is 0.791. The largest absolute Gasteiger partial charge is 0.0843 e. The molecule has 0 aliphatic rings. The molecule has 2 aromatic rings. The molecule has 0 aromatic heterocycles. The van der Waals surface area contributed by atoms with Crippen molar-refractivity contribution in [1.29, 1.82) is 0 Å². The molecule has 1 unspecified atom stereocenters. The molecule has 0 amide bonds. The van der Waals surface area contributed by atoms with Gasteiger partial charge in [-0.2, -0.15) is 0 Å². The van der Waals surface area contributed by atoms with Gasteiger partial charge in [-0.25, -0.2) is 0 Å². The fourth-order valence-corrected chi connectivity index (χ4v) is 3.55. The fourth-order valence-electron chi connectivity index (χ4n) is 1.97. The van der Waals surface area contributed by atoms with Crippen molar-refractivity contribution < 1.29 is 0 Å². The van der Waals surface area contributed by atoms with Crippen molar-refractivity contribution in [2.75, 3.05) is 0 Å². The first-order valence-corrected chi connectivity index (χ1v) is 7.79. The van der Waals surface area contributed by atoms with Crippen LogP contribution in [0.15, 0.2) is 46.9 Å². The predicted octanol–water partition coefficient (Wildman–Crippen LogP) is 6.09. The van der Waals surface area contributed by atoms with Crippen molar-refractivity contribution in [3.8, 4) is 0 Å². The maximum atomic E-state index is 6.00. The highest BCUT2D eigenvalue weighted by Crippen LogP contribution is 2.31. The minimum Gasteiger partial charge on any atom is -0.0843 e. The summed E-state index contributed by atoms with van der Waals surface area (Å²) in [6.45, 7) is 2.13. The van der Waals surface area contributed by atoms with Gasteiger partial charge < -0.3 is 0 Å². The predicted molar refractivity (Wildman–Crippen MR) is 85.7 cm³/mol.